The van der Waals surface area contributed by atoms with Gasteiger partial charge in [-0.2, -0.15) is 0 Å². The quantitative estimate of drug-likeness (QED) is 0.611. The van der Waals surface area contributed by atoms with Crippen molar-refractivity contribution in [2.75, 3.05) is 20.2 Å². The molecule has 4 heteroatoms. The van der Waals surface area contributed by atoms with Crippen molar-refractivity contribution in [1.29, 1.82) is 0 Å². The van der Waals surface area contributed by atoms with E-state index in [0.29, 0.717) is 25.1 Å². The molecule has 2 aliphatic rings. The van der Waals surface area contributed by atoms with Gasteiger partial charge in [0.15, 0.2) is 0 Å². The summed E-state index contributed by atoms with van der Waals surface area (Å²) in [5, 5.41) is 13.2. The normalized spacial score (nSPS) is 37.0. The van der Waals surface area contributed by atoms with E-state index in [4.69, 9.17) is 10.5 Å². The van der Waals surface area contributed by atoms with Crippen molar-refractivity contribution in [3.8, 4) is 0 Å². The Labute approximate surface area is 91.2 Å². The number of methoxy groups -OCH3 is 1. The second-order valence-corrected chi connectivity index (χ2v) is 5.01. The summed E-state index contributed by atoms with van der Waals surface area (Å²) < 4.78 is 5.33. The van der Waals surface area contributed by atoms with E-state index in [2.05, 4.69) is 5.32 Å². The van der Waals surface area contributed by atoms with Crippen molar-refractivity contribution in [1.82, 2.24) is 5.32 Å². The topological polar surface area (TPSA) is 67.5 Å². The zero-order valence-corrected chi connectivity index (χ0v) is 9.41. The molecule has 1 heterocycles. The molecule has 2 rings (SSSR count). The fraction of sp³-hybridized carbons (Fsp3) is 1.00. The third-order valence-corrected chi connectivity index (χ3v) is 4.04. The summed E-state index contributed by atoms with van der Waals surface area (Å²) in [5.74, 6) is 0.462. The summed E-state index contributed by atoms with van der Waals surface area (Å²) in [7, 11) is 1.77. The minimum Gasteiger partial charge on any atom is -0.386 e. The molecule has 0 aromatic rings. The number of hydrogen-bond donors (Lipinski definition) is 3. The molecule has 0 bridgehead atoms. The molecule has 0 aromatic heterocycles. The third-order valence-electron chi connectivity index (χ3n) is 4.04. The highest BCUT2D eigenvalue weighted by molar-refractivity contribution is 5.03. The maximum Gasteiger partial charge on any atom is 0.105 e. The first-order chi connectivity index (χ1) is 7.15. The van der Waals surface area contributed by atoms with Gasteiger partial charge in [0.05, 0.1) is 6.10 Å². The Morgan fingerprint density at radius 2 is 1.93 bits per heavy atom. The van der Waals surface area contributed by atoms with Gasteiger partial charge in [-0.05, 0) is 31.6 Å². The summed E-state index contributed by atoms with van der Waals surface area (Å²) in [4.78, 5) is 0. The van der Waals surface area contributed by atoms with Crippen LogP contribution in [0.2, 0.25) is 0 Å². The van der Waals surface area contributed by atoms with Crippen LogP contribution in [0.5, 0.6) is 0 Å². The SMILES string of the molecule is COC1CCC(C(N)C2(O)CNC2)CC1. The number of β-amino-alcohol motifs (C(OH)–C–C–N with tert-alkyl or cyclic N) is 1. The van der Waals surface area contributed by atoms with Crippen LogP contribution in [0.25, 0.3) is 0 Å². The molecule has 0 aromatic carbocycles. The minimum absolute atomic E-state index is 0.0726. The lowest BCUT2D eigenvalue weighted by Crippen LogP contribution is -2.70. The second-order valence-electron chi connectivity index (χ2n) is 5.01. The fourth-order valence-electron chi connectivity index (χ4n) is 2.74. The average molecular weight is 214 g/mol. The lowest BCUT2D eigenvalue weighted by atomic mass is 9.74. The Bertz CT molecular complexity index is 211. The number of rotatable bonds is 3. The van der Waals surface area contributed by atoms with Crippen molar-refractivity contribution in [3.05, 3.63) is 0 Å². The Morgan fingerprint density at radius 3 is 2.33 bits per heavy atom. The van der Waals surface area contributed by atoms with Gasteiger partial charge in [0.2, 0.25) is 0 Å². The predicted octanol–water partition coefficient (Wildman–Crippen LogP) is -0.147. The molecule has 1 atom stereocenters. The van der Waals surface area contributed by atoms with Crippen LogP contribution in [0.1, 0.15) is 25.7 Å². The Morgan fingerprint density at radius 1 is 1.33 bits per heavy atom. The molecule has 88 valence electrons. The van der Waals surface area contributed by atoms with Crippen LogP contribution in [-0.2, 0) is 4.74 Å². The van der Waals surface area contributed by atoms with E-state index < -0.39 is 5.60 Å². The highest BCUT2D eigenvalue weighted by Gasteiger charge is 2.44. The Kier molecular flexibility index (Phi) is 3.30. The maximum absolute atomic E-state index is 10.1. The van der Waals surface area contributed by atoms with Gasteiger partial charge in [-0.3, -0.25) is 0 Å². The molecule has 1 unspecified atom stereocenters. The van der Waals surface area contributed by atoms with Crippen LogP contribution in [0.4, 0.5) is 0 Å². The molecular formula is C11H22N2O2. The maximum atomic E-state index is 10.1. The van der Waals surface area contributed by atoms with E-state index >= 15 is 0 Å². The largest absolute Gasteiger partial charge is 0.386 e. The summed E-state index contributed by atoms with van der Waals surface area (Å²) in [5.41, 5.74) is 5.50. The van der Waals surface area contributed by atoms with Gasteiger partial charge in [-0.15, -0.1) is 0 Å². The van der Waals surface area contributed by atoms with Gasteiger partial charge < -0.3 is 20.9 Å². The molecule has 1 saturated heterocycles. The van der Waals surface area contributed by atoms with E-state index in [1.165, 1.54) is 0 Å². The summed E-state index contributed by atoms with van der Waals surface area (Å²) in [6.45, 7) is 1.30. The third kappa shape index (κ3) is 2.18. The first-order valence-electron chi connectivity index (χ1n) is 5.87. The number of nitrogens with one attached hydrogen (secondary N) is 1. The van der Waals surface area contributed by atoms with Crippen molar-refractivity contribution >= 4 is 0 Å². The Balaban J connectivity index is 1.84. The van der Waals surface area contributed by atoms with Crippen LogP contribution < -0.4 is 11.1 Å². The first-order valence-corrected chi connectivity index (χ1v) is 5.87. The molecule has 4 N–H and O–H groups in total. The molecule has 1 aliphatic heterocycles. The molecule has 0 amide bonds. The molecule has 0 radical (unpaired) electrons. The second kappa shape index (κ2) is 4.37. The van der Waals surface area contributed by atoms with Crippen LogP contribution in [-0.4, -0.2) is 43.1 Å². The van der Waals surface area contributed by atoms with Crippen molar-refractivity contribution in [2.24, 2.45) is 11.7 Å². The Hall–Kier alpha value is -0.160. The average Bonchev–Trinajstić information content (AvgIpc) is 2.25. The number of ether oxygens (including phenoxy) is 1. The lowest BCUT2D eigenvalue weighted by molar-refractivity contribution is -0.0586. The van der Waals surface area contributed by atoms with Gasteiger partial charge in [0.1, 0.15) is 5.60 Å². The molecule has 15 heavy (non-hydrogen) atoms. The minimum atomic E-state index is -0.648. The summed E-state index contributed by atoms with van der Waals surface area (Å²) in [6, 6.07) is -0.0726. The van der Waals surface area contributed by atoms with Gasteiger partial charge in [-0.25, -0.2) is 0 Å². The van der Waals surface area contributed by atoms with Gasteiger partial charge in [0.25, 0.3) is 0 Å². The van der Waals surface area contributed by atoms with E-state index in [9.17, 15) is 5.11 Å². The van der Waals surface area contributed by atoms with E-state index in [1.807, 2.05) is 0 Å². The van der Waals surface area contributed by atoms with Gasteiger partial charge >= 0.3 is 0 Å². The fourth-order valence-corrected chi connectivity index (χ4v) is 2.74. The van der Waals surface area contributed by atoms with E-state index in [-0.39, 0.29) is 6.04 Å². The van der Waals surface area contributed by atoms with Gasteiger partial charge in [-0.1, -0.05) is 0 Å². The monoisotopic (exact) mass is 214 g/mol. The summed E-state index contributed by atoms with van der Waals surface area (Å²) in [6.07, 6.45) is 4.74. The number of hydrogen-bond acceptors (Lipinski definition) is 4. The van der Waals surface area contributed by atoms with Crippen LogP contribution in [0, 0.1) is 5.92 Å². The van der Waals surface area contributed by atoms with Crippen molar-refractivity contribution < 1.29 is 9.84 Å². The van der Waals surface area contributed by atoms with E-state index in [1.54, 1.807) is 7.11 Å². The van der Waals surface area contributed by atoms with Gasteiger partial charge in [0, 0.05) is 26.2 Å². The molecule has 0 spiro atoms. The van der Waals surface area contributed by atoms with E-state index in [0.717, 1.165) is 25.7 Å². The summed E-state index contributed by atoms with van der Waals surface area (Å²) >= 11 is 0. The molecule has 4 nitrogen and oxygen atoms in total. The van der Waals surface area contributed by atoms with Crippen LogP contribution in [0.3, 0.4) is 0 Å². The number of aliphatic hydroxyl groups is 1. The number of nitrogens with two attached hydrogens (primary N) is 1. The van der Waals surface area contributed by atoms with Crippen LogP contribution >= 0.6 is 0 Å². The van der Waals surface area contributed by atoms with Crippen LogP contribution in [0.15, 0.2) is 0 Å². The lowest BCUT2D eigenvalue weighted by Gasteiger charge is -2.46. The highest BCUT2D eigenvalue weighted by Crippen LogP contribution is 2.32. The smallest absolute Gasteiger partial charge is 0.105 e. The first kappa shape index (κ1) is 11.3. The zero-order chi connectivity index (χ0) is 10.9. The molecule has 2 fully saturated rings. The van der Waals surface area contributed by atoms with Crippen molar-refractivity contribution in [2.45, 2.75) is 43.4 Å². The molecule has 1 saturated carbocycles. The highest BCUT2D eigenvalue weighted by atomic mass is 16.5. The molecular weight excluding hydrogens is 192 g/mol. The standard InChI is InChI=1S/C11H22N2O2/c1-15-9-4-2-8(3-5-9)10(12)11(14)6-13-7-11/h8-10,13-14H,2-7,12H2,1H3. The molecule has 1 aliphatic carbocycles. The van der Waals surface area contributed by atoms with Crippen molar-refractivity contribution in [3.63, 3.8) is 0 Å². The predicted molar refractivity (Wildman–Crippen MR) is 58.5 cm³/mol. The zero-order valence-electron chi connectivity index (χ0n) is 9.41.